The Morgan fingerprint density at radius 3 is 2.39 bits per heavy atom. The number of rotatable bonds is 1. The van der Waals surface area contributed by atoms with E-state index in [2.05, 4.69) is 0 Å². The number of carbonyl (C=O) groups excluding carboxylic acids is 1. The van der Waals surface area contributed by atoms with E-state index in [-0.39, 0.29) is 17.4 Å². The van der Waals surface area contributed by atoms with Gasteiger partial charge in [-0.1, -0.05) is 0 Å². The maximum atomic E-state index is 12.0. The van der Waals surface area contributed by atoms with E-state index in [1.165, 1.54) is 0 Å². The van der Waals surface area contributed by atoms with Gasteiger partial charge in [-0.05, 0) is 40.0 Å². The van der Waals surface area contributed by atoms with Gasteiger partial charge in [-0.3, -0.25) is 4.79 Å². The SMILES string of the molecule is CC(C)(C)OC(=O)N1CCC(C(=O)O)C2(CC2)C1. The summed E-state index contributed by atoms with van der Waals surface area (Å²) < 4.78 is 5.33. The van der Waals surface area contributed by atoms with Crippen molar-refractivity contribution in [1.82, 2.24) is 4.90 Å². The van der Waals surface area contributed by atoms with Gasteiger partial charge in [0.05, 0.1) is 5.92 Å². The van der Waals surface area contributed by atoms with Crippen LogP contribution >= 0.6 is 0 Å². The second kappa shape index (κ2) is 4.14. The van der Waals surface area contributed by atoms with Crippen LogP contribution in [-0.2, 0) is 9.53 Å². The minimum absolute atomic E-state index is 0.180. The van der Waals surface area contributed by atoms with Gasteiger partial charge in [0.2, 0.25) is 0 Å². The molecule has 0 radical (unpaired) electrons. The molecule has 1 saturated carbocycles. The summed E-state index contributed by atoms with van der Waals surface area (Å²) in [6.45, 7) is 6.51. The fourth-order valence-corrected chi connectivity index (χ4v) is 2.70. The Morgan fingerprint density at radius 2 is 1.94 bits per heavy atom. The fraction of sp³-hybridized carbons (Fsp3) is 0.846. The lowest BCUT2D eigenvalue weighted by molar-refractivity contribution is -0.146. The Labute approximate surface area is 107 Å². The Hall–Kier alpha value is -1.26. The zero-order chi connectivity index (χ0) is 13.6. The van der Waals surface area contributed by atoms with Crippen LogP contribution in [0.1, 0.15) is 40.0 Å². The predicted molar refractivity (Wildman–Crippen MR) is 65.2 cm³/mol. The van der Waals surface area contributed by atoms with Gasteiger partial charge >= 0.3 is 12.1 Å². The lowest BCUT2D eigenvalue weighted by Crippen LogP contribution is -2.48. The summed E-state index contributed by atoms with van der Waals surface area (Å²) in [5, 5.41) is 9.19. The van der Waals surface area contributed by atoms with E-state index in [4.69, 9.17) is 4.74 Å². The summed E-state index contributed by atoms with van der Waals surface area (Å²) in [5.41, 5.74) is -0.682. The topological polar surface area (TPSA) is 66.8 Å². The smallest absolute Gasteiger partial charge is 0.410 e. The molecule has 1 aliphatic carbocycles. The standard InChI is InChI=1S/C13H21NO4/c1-12(2,3)18-11(17)14-7-4-9(10(15)16)13(8-14)5-6-13/h9H,4-8H2,1-3H3,(H,15,16). The highest BCUT2D eigenvalue weighted by atomic mass is 16.6. The zero-order valence-corrected chi connectivity index (χ0v) is 11.2. The molecular formula is C13H21NO4. The van der Waals surface area contributed by atoms with Crippen LogP contribution in [0.2, 0.25) is 0 Å². The molecule has 2 aliphatic rings. The molecular weight excluding hydrogens is 234 g/mol. The van der Waals surface area contributed by atoms with Crippen molar-refractivity contribution in [2.24, 2.45) is 11.3 Å². The average molecular weight is 255 g/mol. The molecule has 0 aromatic carbocycles. The molecule has 102 valence electrons. The molecule has 0 aromatic rings. The molecule has 0 bridgehead atoms. The third-order valence-corrected chi connectivity index (χ3v) is 3.77. The Kier molecular flexibility index (Phi) is 3.03. The van der Waals surface area contributed by atoms with Crippen LogP contribution < -0.4 is 0 Å². The molecule has 18 heavy (non-hydrogen) atoms. The lowest BCUT2D eigenvalue weighted by Gasteiger charge is -2.37. The first kappa shape index (κ1) is 13.2. The molecule has 0 aromatic heterocycles. The van der Waals surface area contributed by atoms with Gasteiger partial charge in [0.25, 0.3) is 0 Å². The molecule has 1 heterocycles. The van der Waals surface area contributed by atoms with Crippen molar-refractivity contribution in [2.75, 3.05) is 13.1 Å². The first-order valence-electron chi connectivity index (χ1n) is 6.44. The van der Waals surface area contributed by atoms with Crippen molar-refractivity contribution in [3.05, 3.63) is 0 Å². The van der Waals surface area contributed by atoms with E-state index >= 15 is 0 Å². The summed E-state index contributed by atoms with van der Waals surface area (Å²) in [6, 6.07) is 0. The van der Waals surface area contributed by atoms with Crippen LogP contribution in [0.15, 0.2) is 0 Å². The number of hydrogen-bond acceptors (Lipinski definition) is 3. The number of ether oxygens (including phenoxy) is 1. The van der Waals surface area contributed by atoms with Gasteiger partial charge in [-0.25, -0.2) is 4.79 Å². The van der Waals surface area contributed by atoms with Crippen molar-refractivity contribution < 1.29 is 19.4 Å². The number of hydrogen-bond donors (Lipinski definition) is 1. The molecule has 1 unspecified atom stereocenters. The third kappa shape index (κ3) is 2.60. The second-order valence-electron chi connectivity index (χ2n) is 6.44. The van der Waals surface area contributed by atoms with E-state index in [9.17, 15) is 14.7 Å². The molecule has 2 rings (SSSR count). The van der Waals surface area contributed by atoms with Crippen LogP contribution in [0.5, 0.6) is 0 Å². The van der Waals surface area contributed by atoms with E-state index < -0.39 is 11.6 Å². The summed E-state index contributed by atoms with van der Waals surface area (Å²) in [7, 11) is 0. The van der Waals surface area contributed by atoms with Crippen molar-refractivity contribution in [2.45, 2.75) is 45.6 Å². The van der Waals surface area contributed by atoms with Gasteiger partial charge in [-0.15, -0.1) is 0 Å². The number of carbonyl (C=O) groups is 2. The number of likely N-dealkylation sites (tertiary alicyclic amines) is 1. The first-order valence-corrected chi connectivity index (χ1v) is 6.44. The molecule has 5 heteroatoms. The minimum Gasteiger partial charge on any atom is -0.481 e. The van der Waals surface area contributed by atoms with Gasteiger partial charge in [0, 0.05) is 18.5 Å². The van der Waals surface area contributed by atoms with Crippen LogP contribution in [0.4, 0.5) is 4.79 Å². The van der Waals surface area contributed by atoms with E-state index in [1.807, 2.05) is 20.8 Å². The largest absolute Gasteiger partial charge is 0.481 e. The van der Waals surface area contributed by atoms with Crippen LogP contribution in [-0.4, -0.2) is 40.8 Å². The lowest BCUT2D eigenvalue weighted by atomic mass is 9.82. The summed E-state index contributed by atoms with van der Waals surface area (Å²) in [4.78, 5) is 24.8. The minimum atomic E-state index is -0.726. The molecule has 1 aliphatic heterocycles. The number of carboxylic acids is 1. The second-order valence-corrected chi connectivity index (χ2v) is 6.44. The van der Waals surface area contributed by atoms with Crippen molar-refractivity contribution in [3.63, 3.8) is 0 Å². The van der Waals surface area contributed by atoms with Gasteiger partial charge in [0.15, 0.2) is 0 Å². The van der Waals surface area contributed by atoms with E-state index in [0.29, 0.717) is 19.5 Å². The van der Waals surface area contributed by atoms with E-state index in [1.54, 1.807) is 4.90 Å². The van der Waals surface area contributed by atoms with Crippen molar-refractivity contribution in [1.29, 1.82) is 0 Å². The van der Waals surface area contributed by atoms with Gasteiger partial charge in [-0.2, -0.15) is 0 Å². The maximum absolute atomic E-state index is 12.0. The monoisotopic (exact) mass is 255 g/mol. The Balaban J connectivity index is 1.99. The fourth-order valence-electron chi connectivity index (χ4n) is 2.70. The normalized spacial score (nSPS) is 25.9. The maximum Gasteiger partial charge on any atom is 0.410 e. The molecule has 1 spiro atoms. The van der Waals surface area contributed by atoms with Crippen LogP contribution in [0.3, 0.4) is 0 Å². The third-order valence-electron chi connectivity index (χ3n) is 3.77. The number of nitrogens with zero attached hydrogens (tertiary/aromatic N) is 1. The molecule has 1 amide bonds. The molecule has 1 N–H and O–H groups in total. The molecule has 1 atom stereocenters. The predicted octanol–water partition coefficient (Wildman–Crippen LogP) is 2.11. The van der Waals surface area contributed by atoms with Crippen LogP contribution in [0, 0.1) is 11.3 Å². The zero-order valence-electron chi connectivity index (χ0n) is 11.2. The number of aliphatic carboxylic acids is 1. The van der Waals surface area contributed by atoms with Gasteiger partial charge < -0.3 is 14.7 Å². The first-order chi connectivity index (χ1) is 8.23. The quantitative estimate of drug-likeness (QED) is 0.779. The Bertz CT molecular complexity index is 368. The average Bonchev–Trinajstić information content (AvgIpc) is 2.95. The summed E-state index contributed by atoms with van der Waals surface area (Å²) >= 11 is 0. The highest BCUT2D eigenvalue weighted by Crippen LogP contribution is 2.55. The molecule has 2 fully saturated rings. The van der Waals surface area contributed by atoms with Crippen molar-refractivity contribution in [3.8, 4) is 0 Å². The number of amides is 1. The number of piperidine rings is 1. The highest BCUT2D eigenvalue weighted by Gasteiger charge is 2.56. The highest BCUT2D eigenvalue weighted by molar-refractivity contribution is 5.73. The summed E-state index contributed by atoms with van der Waals surface area (Å²) in [5.74, 6) is -1.02. The summed E-state index contributed by atoms with van der Waals surface area (Å²) in [6.07, 6.45) is 2.03. The van der Waals surface area contributed by atoms with Gasteiger partial charge in [0.1, 0.15) is 5.60 Å². The molecule has 1 saturated heterocycles. The Morgan fingerprint density at radius 1 is 1.33 bits per heavy atom. The number of carboxylic acid groups (broad SMARTS) is 1. The van der Waals surface area contributed by atoms with E-state index in [0.717, 1.165) is 12.8 Å². The molecule has 5 nitrogen and oxygen atoms in total. The van der Waals surface area contributed by atoms with Crippen molar-refractivity contribution >= 4 is 12.1 Å². The van der Waals surface area contributed by atoms with Crippen LogP contribution in [0.25, 0.3) is 0 Å².